The molecule has 0 aromatic heterocycles. The number of carbonyl (C=O) groups excluding carboxylic acids is 2. The van der Waals surface area contributed by atoms with Crippen molar-refractivity contribution < 1.29 is 14.3 Å². The van der Waals surface area contributed by atoms with Crippen molar-refractivity contribution in [1.82, 2.24) is 0 Å². The van der Waals surface area contributed by atoms with Crippen LogP contribution in [-0.2, 0) is 14.3 Å². The summed E-state index contributed by atoms with van der Waals surface area (Å²) in [5, 5.41) is 0. The number of hydrogen-bond acceptors (Lipinski definition) is 4. The Morgan fingerprint density at radius 3 is 2.57 bits per heavy atom. The van der Waals surface area contributed by atoms with Crippen molar-refractivity contribution in [2.24, 2.45) is 10.9 Å². The molecule has 0 saturated heterocycles. The van der Waals surface area contributed by atoms with Crippen LogP contribution in [0.3, 0.4) is 0 Å². The number of hydrogen-bond donors (Lipinski definition) is 0. The van der Waals surface area contributed by atoms with Gasteiger partial charge in [0.05, 0.1) is 6.54 Å². The molecule has 0 rings (SSSR count). The van der Waals surface area contributed by atoms with E-state index in [1.807, 2.05) is 6.92 Å². The van der Waals surface area contributed by atoms with Gasteiger partial charge in [0, 0.05) is 11.5 Å². The van der Waals surface area contributed by atoms with E-state index in [1.54, 1.807) is 13.8 Å². The van der Waals surface area contributed by atoms with Gasteiger partial charge in [0.15, 0.2) is 0 Å². The Balaban J connectivity index is 4.06. The van der Waals surface area contributed by atoms with Gasteiger partial charge in [0.1, 0.15) is 6.10 Å². The normalized spacial score (nSPS) is 13.6. The molecular weight excluding hydrogens is 182 g/mol. The highest BCUT2D eigenvalue weighted by atomic mass is 16.5. The summed E-state index contributed by atoms with van der Waals surface area (Å²) in [5.74, 6) is -0.417. The first-order valence-corrected chi connectivity index (χ1v) is 4.39. The van der Waals surface area contributed by atoms with Crippen LogP contribution in [0.5, 0.6) is 0 Å². The number of carbonyl (C=O) groups is 1. The minimum absolute atomic E-state index is 0.000231. The molecule has 0 amide bonds. The van der Waals surface area contributed by atoms with Crippen molar-refractivity contribution in [3.05, 3.63) is 12.2 Å². The molecule has 0 N–H and O–H groups in total. The summed E-state index contributed by atoms with van der Waals surface area (Å²) in [6.07, 6.45) is 1.17. The van der Waals surface area contributed by atoms with E-state index < -0.39 is 5.97 Å². The van der Waals surface area contributed by atoms with Gasteiger partial charge in [0.2, 0.25) is 6.08 Å². The van der Waals surface area contributed by atoms with E-state index >= 15 is 0 Å². The number of esters is 1. The zero-order valence-corrected chi connectivity index (χ0v) is 8.74. The van der Waals surface area contributed by atoms with Gasteiger partial charge in [-0.2, -0.15) is 0 Å². The average Bonchev–Trinajstić information content (AvgIpc) is 2.13. The van der Waals surface area contributed by atoms with E-state index in [0.717, 1.165) is 0 Å². The van der Waals surface area contributed by atoms with Crippen LogP contribution in [-0.4, -0.2) is 24.7 Å². The summed E-state index contributed by atoms with van der Waals surface area (Å²) in [4.78, 5) is 24.4. The molecule has 0 aromatic carbocycles. The van der Waals surface area contributed by atoms with Gasteiger partial charge >= 0.3 is 5.97 Å². The predicted octanol–water partition coefficient (Wildman–Crippen LogP) is 1.47. The predicted molar refractivity (Wildman–Crippen MR) is 52.5 cm³/mol. The third-order valence-corrected chi connectivity index (χ3v) is 1.89. The van der Waals surface area contributed by atoms with Crippen molar-refractivity contribution in [2.45, 2.75) is 26.9 Å². The largest absolute Gasteiger partial charge is 0.459 e. The SMILES string of the molecule is C=C(C)C(=O)OC(C)C(C)CN=C=O. The number of ether oxygens (including phenoxy) is 1. The molecule has 0 aliphatic rings. The zero-order chi connectivity index (χ0) is 11.1. The minimum atomic E-state index is -0.417. The molecule has 0 aliphatic carbocycles. The van der Waals surface area contributed by atoms with Crippen LogP contribution in [0.2, 0.25) is 0 Å². The fraction of sp³-hybridized carbons (Fsp3) is 0.600. The molecule has 2 unspecified atom stereocenters. The first-order chi connectivity index (χ1) is 6.49. The first kappa shape index (κ1) is 12.6. The number of aliphatic imine (C=N–C) groups is 1. The summed E-state index contributed by atoms with van der Waals surface area (Å²) in [5.41, 5.74) is 0.364. The van der Waals surface area contributed by atoms with Gasteiger partial charge in [-0.15, -0.1) is 0 Å². The van der Waals surface area contributed by atoms with E-state index in [-0.39, 0.29) is 12.0 Å². The van der Waals surface area contributed by atoms with Gasteiger partial charge in [-0.1, -0.05) is 13.5 Å². The van der Waals surface area contributed by atoms with Gasteiger partial charge in [-0.25, -0.2) is 14.6 Å². The quantitative estimate of drug-likeness (QED) is 0.290. The highest BCUT2D eigenvalue weighted by Gasteiger charge is 2.16. The van der Waals surface area contributed by atoms with Crippen molar-refractivity contribution in [3.63, 3.8) is 0 Å². The summed E-state index contributed by atoms with van der Waals surface area (Å²) in [6, 6.07) is 0. The molecular formula is C10H15NO3. The summed E-state index contributed by atoms with van der Waals surface area (Å²) < 4.78 is 5.04. The highest BCUT2D eigenvalue weighted by molar-refractivity contribution is 5.87. The Morgan fingerprint density at radius 1 is 1.57 bits per heavy atom. The second-order valence-corrected chi connectivity index (χ2v) is 3.30. The van der Waals surface area contributed by atoms with Crippen LogP contribution in [0, 0.1) is 5.92 Å². The standard InChI is InChI=1S/C10H15NO3/c1-7(2)10(13)14-9(4)8(3)5-11-6-12/h8-9H,1,5H2,2-4H3. The first-order valence-electron chi connectivity index (χ1n) is 4.39. The molecule has 2 atom stereocenters. The van der Waals surface area contributed by atoms with E-state index in [2.05, 4.69) is 11.6 Å². The summed E-state index contributed by atoms with van der Waals surface area (Å²) >= 11 is 0. The Morgan fingerprint density at radius 2 is 2.14 bits per heavy atom. The monoisotopic (exact) mass is 197 g/mol. The average molecular weight is 197 g/mol. The molecule has 78 valence electrons. The minimum Gasteiger partial charge on any atom is -0.459 e. The van der Waals surface area contributed by atoms with Crippen molar-refractivity contribution in [2.75, 3.05) is 6.54 Å². The summed E-state index contributed by atoms with van der Waals surface area (Å²) in [6.45, 7) is 8.97. The lowest BCUT2D eigenvalue weighted by molar-refractivity contribution is -0.145. The number of nitrogens with zero attached hydrogens (tertiary/aromatic N) is 1. The van der Waals surface area contributed by atoms with Crippen molar-refractivity contribution in [3.8, 4) is 0 Å². The Labute approximate surface area is 83.7 Å². The van der Waals surface area contributed by atoms with Crippen LogP contribution in [0.4, 0.5) is 0 Å². The third-order valence-electron chi connectivity index (χ3n) is 1.89. The smallest absolute Gasteiger partial charge is 0.333 e. The van der Waals surface area contributed by atoms with Crippen LogP contribution >= 0.6 is 0 Å². The molecule has 0 fully saturated rings. The molecule has 0 aliphatic heterocycles. The van der Waals surface area contributed by atoms with E-state index in [4.69, 9.17) is 4.74 Å². The fourth-order valence-electron chi connectivity index (χ4n) is 0.715. The lowest BCUT2D eigenvalue weighted by Gasteiger charge is -2.18. The van der Waals surface area contributed by atoms with Crippen LogP contribution in [0.25, 0.3) is 0 Å². The molecule has 0 saturated carbocycles. The third kappa shape index (κ3) is 4.58. The zero-order valence-electron chi connectivity index (χ0n) is 8.74. The molecule has 0 radical (unpaired) electrons. The molecule has 0 aromatic rings. The van der Waals surface area contributed by atoms with Gasteiger partial charge < -0.3 is 4.74 Å². The maximum absolute atomic E-state index is 11.1. The molecule has 4 nitrogen and oxygen atoms in total. The van der Waals surface area contributed by atoms with Gasteiger partial charge in [0.25, 0.3) is 0 Å². The molecule has 14 heavy (non-hydrogen) atoms. The topological polar surface area (TPSA) is 55.7 Å². The van der Waals surface area contributed by atoms with Crippen molar-refractivity contribution >= 4 is 12.0 Å². The molecule has 0 bridgehead atoms. The van der Waals surface area contributed by atoms with Crippen LogP contribution < -0.4 is 0 Å². The summed E-state index contributed by atoms with van der Waals surface area (Å²) in [7, 11) is 0. The van der Waals surface area contributed by atoms with E-state index in [0.29, 0.717) is 12.1 Å². The molecule has 0 heterocycles. The van der Waals surface area contributed by atoms with Crippen molar-refractivity contribution in [1.29, 1.82) is 0 Å². The molecule has 4 heteroatoms. The van der Waals surface area contributed by atoms with E-state index in [9.17, 15) is 9.59 Å². The van der Waals surface area contributed by atoms with Crippen LogP contribution in [0.15, 0.2) is 17.1 Å². The Kier molecular flexibility index (Phi) is 5.49. The van der Waals surface area contributed by atoms with E-state index in [1.165, 1.54) is 6.08 Å². The van der Waals surface area contributed by atoms with Gasteiger partial charge in [-0.05, 0) is 13.8 Å². The second kappa shape index (κ2) is 6.11. The maximum atomic E-state index is 11.1. The lowest BCUT2D eigenvalue weighted by atomic mass is 10.1. The fourth-order valence-corrected chi connectivity index (χ4v) is 0.715. The lowest BCUT2D eigenvalue weighted by Crippen LogP contribution is -2.24. The van der Waals surface area contributed by atoms with Crippen LogP contribution in [0.1, 0.15) is 20.8 Å². The number of rotatable bonds is 5. The highest BCUT2D eigenvalue weighted by Crippen LogP contribution is 2.09. The number of isocyanates is 1. The Bertz CT molecular complexity index is 267. The Hall–Kier alpha value is -1.41. The second-order valence-electron chi connectivity index (χ2n) is 3.30. The van der Waals surface area contributed by atoms with Gasteiger partial charge in [-0.3, -0.25) is 0 Å². The maximum Gasteiger partial charge on any atom is 0.333 e. The molecule has 0 spiro atoms.